The molecule has 0 aliphatic rings. The molecule has 0 fully saturated rings. The fourth-order valence-corrected chi connectivity index (χ4v) is 1.65. The fourth-order valence-electron chi connectivity index (χ4n) is 1.65. The second-order valence-corrected chi connectivity index (χ2v) is 5.83. The summed E-state index contributed by atoms with van der Waals surface area (Å²) in [5.74, 6) is 7.13. The predicted molar refractivity (Wildman–Crippen MR) is 93.0 cm³/mol. The molecule has 21 heavy (non-hydrogen) atoms. The van der Waals surface area contributed by atoms with Gasteiger partial charge in [0.25, 0.3) is 0 Å². The average molecular weight is 308 g/mol. The van der Waals surface area contributed by atoms with Crippen LogP contribution in [0.2, 0.25) is 0 Å². The van der Waals surface area contributed by atoms with Crippen molar-refractivity contribution in [3.63, 3.8) is 0 Å². The highest BCUT2D eigenvalue weighted by Crippen LogP contribution is 2.18. The molecule has 0 bridgehead atoms. The van der Waals surface area contributed by atoms with Gasteiger partial charge in [0.2, 0.25) is 0 Å². The lowest BCUT2D eigenvalue weighted by Crippen LogP contribution is -2.18. The first-order chi connectivity index (χ1) is 9.42. The zero-order chi connectivity index (χ0) is 15.0. The second-order valence-electron chi connectivity index (χ2n) is 5.83. The van der Waals surface area contributed by atoms with Crippen LogP contribution in [0.3, 0.4) is 0 Å². The molecule has 1 rings (SSSR count). The minimum absolute atomic E-state index is 0. The monoisotopic (exact) mass is 307 g/mol. The fraction of sp³-hybridized carbons (Fsp3) is 0.444. The van der Waals surface area contributed by atoms with Gasteiger partial charge in [-0.15, -0.1) is 12.4 Å². The number of hydrogen-bond donors (Lipinski definition) is 1. The Morgan fingerprint density at radius 3 is 2.67 bits per heavy atom. The van der Waals surface area contributed by atoms with Gasteiger partial charge < -0.3 is 10.1 Å². The highest BCUT2D eigenvalue weighted by molar-refractivity contribution is 5.85. The number of benzene rings is 1. The Labute approximate surface area is 135 Å². The van der Waals surface area contributed by atoms with Crippen molar-refractivity contribution in [2.45, 2.75) is 33.7 Å². The molecule has 1 N–H and O–H groups in total. The molecule has 0 spiro atoms. The van der Waals surface area contributed by atoms with Crippen LogP contribution in [0.5, 0.6) is 5.75 Å². The number of methoxy groups -OCH3 is 1. The van der Waals surface area contributed by atoms with E-state index in [2.05, 4.69) is 63.1 Å². The smallest absolute Gasteiger partial charge is 0.119 e. The number of ether oxygens (including phenoxy) is 1. The summed E-state index contributed by atoms with van der Waals surface area (Å²) in [5.41, 5.74) is 1.28. The number of halogens is 1. The molecule has 0 saturated carbocycles. The van der Waals surface area contributed by atoms with E-state index in [1.54, 1.807) is 7.11 Å². The molecule has 0 aromatic heterocycles. The molecular weight excluding hydrogens is 282 g/mol. The van der Waals surface area contributed by atoms with Gasteiger partial charge in [-0.2, -0.15) is 0 Å². The summed E-state index contributed by atoms with van der Waals surface area (Å²) in [5, 5.41) is 3.44. The third-order valence-corrected chi connectivity index (χ3v) is 2.78. The van der Waals surface area contributed by atoms with Crippen molar-refractivity contribution >= 4 is 12.4 Å². The van der Waals surface area contributed by atoms with E-state index >= 15 is 0 Å². The van der Waals surface area contributed by atoms with Crippen LogP contribution in [0, 0.1) is 17.3 Å². The van der Waals surface area contributed by atoms with Gasteiger partial charge in [-0.25, -0.2) is 0 Å². The Hall–Kier alpha value is -1.43. The van der Waals surface area contributed by atoms with E-state index in [0.29, 0.717) is 0 Å². The quantitative estimate of drug-likeness (QED) is 0.815. The minimum Gasteiger partial charge on any atom is -0.497 e. The number of allylic oxidation sites excluding steroid dienone is 1. The summed E-state index contributed by atoms with van der Waals surface area (Å²) < 4.78 is 5.23. The Kier molecular flexibility index (Phi) is 8.85. The lowest BCUT2D eigenvalue weighted by Gasteiger charge is -2.13. The van der Waals surface area contributed by atoms with E-state index in [0.717, 1.165) is 12.3 Å². The second kappa shape index (κ2) is 9.50. The van der Waals surface area contributed by atoms with Gasteiger partial charge in [0, 0.05) is 18.0 Å². The van der Waals surface area contributed by atoms with E-state index in [1.807, 2.05) is 18.2 Å². The van der Waals surface area contributed by atoms with Crippen molar-refractivity contribution in [1.82, 2.24) is 5.32 Å². The van der Waals surface area contributed by atoms with E-state index in [4.69, 9.17) is 4.74 Å². The van der Waals surface area contributed by atoms with E-state index < -0.39 is 0 Å². The summed E-state index contributed by atoms with van der Waals surface area (Å²) >= 11 is 0. The van der Waals surface area contributed by atoms with Crippen LogP contribution in [0.25, 0.3) is 0 Å². The molecule has 2 nitrogen and oxygen atoms in total. The standard InChI is InChI=1S/C18H25NO.ClH/c1-15(16-10-9-11-17(14-16)20-5)19-13-8-6-7-12-18(2,3)4;/h6,8-11,14-15,19H,13H2,1-5H3;1H/b8-6+;/t15-;/m1./s1. The maximum atomic E-state index is 5.23. The minimum atomic E-state index is 0. The molecule has 0 saturated heterocycles. The van der Waals surface area contributed by atoms with E-state index in [-0.39, 0.29) is 23.9 Å². The van der Waals surface area contributed by atoms with E-state index in [9.17, 15) is 0 Å². The summed E-state index contributed by atoms with van der Waals surface area (Å²) in [6, 6.07) is 8.41. The molecular formula is C18H26ClNO. The summed E-state index contributed by atoms with van der Waals surface area (Å²) in [4.78, 5) is 0. The zero-order valence-electron chi connectivity index (χ0n) is 13.6. The van der Waals surface area contributed by atoms with Crippen LogP contribution < -0.4 is 10.1 Å². The molecule has 3 heteroatoms. The van der Waals surface area contributed by atoms with Gasteiger partial charge in [0.05, 0.1) is 7.11 Å². The first-order valence-electron chi connectivity index (χ1n) is 6.97. The first kappa shape index (κ1) is 19.6. The summed E-state index contributed by atoms with van der Waals surface area (Å²) in [6.45, 7) is 9.27. The van der Waals surface area contributed by atoms with Gasteiger partial charge in [-0.3, -0.25) is 0 Å². The molecule has 0 heterocycles. The molecule has 0 aliphatic carbocycles. The van der Waals surface area contributed by atoms with E-state index in [1.165, 1.54) is 5.56 Å². The lowest BCUT2D eigenvalue weighted by molar-refractivity contribution is 0.413. The van der Waals surface area contributed by atoms with Gasteiger partial charge in [0.1, 0.15) is 5.75 Å². The van der Waals surface area contributed by atoms with Crippen LogP contribution in [0.15, 0.2) is 36.4 Å². The molecule has 0 radical (unpaired) electrons. The maximum Gasteiger partial charge on any atom is 0.119 e. The van der Waals surface area contributed by atoms with Crippen LogP contribution in [-0.2, 0) is 0 Å². The average Bonchev–Trinajstić information content (AvgIpc) is 2.41. The Bertz CT molecular complexity index is 506. The normalized spacial score (nSPS) is 12.2. The molecule has 116 valence electrons. The van der Waals surface area contributed by atoms with Crippen molar-refractivity contribution in [3.05, 3.63) is 42.0 Å². The van der Waals surface area contributed by atoms with Crippen molar-refractivity contribution in [3.8, 4) is 17.6 Å². The van der Waals surface area contributed by atoms with Crippen LogP contribution in [0.1, 0.15) is 39.3 Å². The molecule has 1 atom stereocenters. The Morgan fingerprint density at radius 1 is 1.33 bits per heavy atom. The number of hydrogen-bond acceptors (Lipinski definition) is 2. The maximum absolute atomic E-state index is 5.23. The Morgan fingerprint density at radius 2 is 2.05 bits per heavy atom. The summed E-state index contributed by atoms with van der Waals surface area (Å²) in [6.07, 6.45) is 3.96. The van der Waals surface area contributed by atoms with Crippen molar-refractivity contribution in [1.29, 1.82) is 0 Å². The highest BCUT2D eigenvalue weighted by atomic mass is 35.5. The first-order valence-corrected chi connectivity index (χ1v) is 6.97. The lowest BCUT2D eigenvalue weighted by atomic mass is 9.98. The van der Waals surface area contributed by atoms with Crippen LogP contribution in [-0.4, -0.2) is 13.7 Å². The SMILES string of the molecule is COc1cccc([C@@H](C)NC/C=C/C#CC(C)(C)C)c1.Cl. The van der Waals surface area contributed by atoms with Crippen LogP contribution >= 0.6 is 12.4 Å². The number of rotatable bonds is 5. The topological polar surface area (TPSA) is 21.3 Å². The Balaban J connectivity index is 0.00000400. The van der Waals surface area contributed by atoms with Crippen molar-refractivity contribution < 1.29 is 4.74 Å². The van der Waals surface area contributed by atoms with Gasteiger partial charge in [0.15, 0.2) is 0 Å². The van der Waals surface area contributed by atoms with Gasteiger partial charge in [-0.05, 0) is 51.5 Å². The van der Waals surface area contributed by atoms with Gasteiger partial charge >= 0.3 is 0 Å². The van der Waals surface area contributed by atoms with Crippen molar-refractivity contribution in [2.24, 2.45) is 5.41 Å². The zero-order valence-corrected chi connectivity index (χ0v) is 14.4. The molecule has 0 amide bonds. The summed E-state index contributed by atoms with van der Waals surface area (Å²) in [7, 11) is 1.69. The molecule has 0 unspecified atom stereocenters. The van der Waals surface area contributed by atoms with Crippen LogP contribution in [0.4, 0.5) is 0 Å². The largest absolute Gasteiger partial charge is 0.497 e. The third kappa shape index (κ3) is 8.45. The highest BCUT2D eigenvalue weighted by Gasteiger charge is 2.04. The molecule has 1 aromatic rings. The third-order valence-electron chi connectivity index (χ3n) is 2.78. The number of nitrogens with one attached hydrogen (secondary N) is 1. The predicted octanol–water partition coefficient (Wildman–Crippen LogP) is 4.37. The van der Waals surface area contributed by atoms with Crippen molar-refractivity contribution in [2.75, 3.05) is 13.7 Å². The van der Waals surface area contributed by atoms with Gasteiger partial charge in [-0.1, -0.05) is 30.0 Å². The molecule has 0 aliphatic heterocycles. The molecule has 1 aromatic carbocycles.